The number of anilines is 1. The van der Waals surface area contributed by atoms with Crippen LogP contribution in [0.3, 0.4) is 0 Å². The molecular formula is C26H24ClNO4. The van der Waals surface area contributed by atoms with Crippen LogP contribution in [0.25, 0.3) is 0 Å². The number of nitrogens with one attached hydrogen (secondary N) is 1. The molecule has 0 radical (unpaired) electrons. The van der Waals surface area contributed by atoms with Gasteiger partial charge in [-0.2, -0.15) is 0 Å². The van der Waals surface area contributed by atoms with Crippen LogP contribution < -0.4 is 5.32 Å². The largest absolute Gasteiger partial charge is 0.462 e. The summed E-state index contributed by atoms with van der Waals surface area (Å²) in [7, 11) is 0. The number of carbonyl (C=O) groups is 3. The second-order valence-corrected chi connectivity index (χ2v) is 7.77. The van der Waals surface area contributed by atoms with Crippen molar-refractivity contribution in [2.75, 3.05) is 11.9 Å². The number of rotatable bonds is 8. The summed E-state index contributed by atoms with van der Waals surface area (Å²) >= 11 is 6.22. The standard InChI is InChI=1S/C26H24ClNO4/c1-3-14-32-26(31)21-12-13-22(27)23(16-21)28-25(30)17(2)19-10-7-11-20(15-19)24(29)18-8-5-4-6-9-18/h4-13,15-17H,3,14H2,1-2H3,(H,28,30). The van der Waals surface area contributed by atoms with Gasteiger partial charge >= 0.3 is 5.97 Å². The molecule has 164 valence electrons. The number of halogens is 1. The Bertz CT molecular complexity index is 1130. The van der Waals surface area contributed by atoms with E-state index >= 15 is 0 Å². The van der Waals surface area contributed by atoms with E-state index in [1.54, 1.807) is 55.5 Å². The topological polar surface area (TPSA) is 72.5 Å². The smallest absolute Gasteiger partial charge is 0.338 e. The summed E-state index contributed by atoms with van der Waals surface area (Å²) in [6.45, 7) is 3.97. The van der Waals surface area contributed by atoms with E-state index < -0.39 is 11.9 Å². The molecule has 0 fully saturated rings. The predicted molar refractivity (Wildman–Crippen MR) is 125 cm³/mol. The van der Waals surface area contributed by atoms with E-state index in [9.17, 15) is 14.4 Å². The minimum absolute atomic E-state index is 0.110. The summed E-state index contributed by atoms with van der Waals surface area (Å²) in [5.41, 5.74) is 2.42. The predicted octanol–water partition coefficient (Wildman–Crippen LogP) is 5.88. The van der Waals surface area contributed by atoms with Crippen molar-refractivity contribution in [3.8, 4) is 0 Å². The minimum atomic E-state index is -0.551. The lowest BCUT2D eigenvalue weighted by Gasteiger charge is -2.15. The summed E-state index contributed by atoms with van der Waals surface area (Å²) in [6.07, 6.45) is 0.715. The van der Waals surface area contributed by atoms with Gasteiger partial charge < -0.3 is 10.1 Å². The summed E-state index contributed by atoms with van der Waals surface area (Å²) in [5, 5.41) is 3.09. The van der Waals surface area contributed by atoms with Crippen molar-refractivity contribution >= 4 is 34.9 Å². The first kappa shape index (κ1) is 23.2. The molecule has 3 aromatic carbocycles. The highest BCUT2D eigenvalue weighted by Gasteiger charge is 2.19. The third-order valence-electron chi connectivity index (χ3n) is 4.98. The van der Waals surface area contributed by atoms with Gasteiger partial charge in [-0.05, 0) is 43.2 Å². The molecule has 0 saturated heterocycles. The van der Waals surface area contributed by atoms with Crippen molar-refractivity contribution in [2.24, 2.45) is 0 Å². The molecule has 1 N–H and O–H groups in total. The van der Waals surface area contributed by atoms with Crippen LogP contribution in [0.2, 0.25) is 5.02 Å². The Balaban J connectivity index is 1.76. The fourth-order valence-electron chi connectivity index (χ4n) is 3.12. The zero-order valence-electron chi connectivity index (χ0n) is 17.9. The van der Waals surface area contributed by atoms with Crippen molar-refractivity contribution in [1.29, 1.82) is 0 Å². The molecule has 0 aliphatic rings. The molecule has 3 rings (SSSR count). The van der Waals surface area contributed by atoms with Crippen LogP contribution in [0.4, 0.5) is 5.69 Å². The van der Waals surface area contributed by atoms with Crippen molar-refractivity contribution in [1.82, 2.24) is 0 Å². The van der Waals surface area contributed by atoms with E-state index in [-0.39, 0.29) is 11.7 Å². The van der Waals surface area contributed by atoms with Crippen LogP contribution in [0.15, 0.2) is 72.8 Å². The van der Waals surface area contributed by atoms with Gasteiger partial charge in [0, 0.05) is 11.1 Å². The van der Waals surface area contributed by atoms with Crippen LogP contribution in [0.1, 0.15) is 58.0 Å². The fourth-order valence-corrected chi connectivity index (χ4v) is 3.29. The van der Waals surface area contributed by atoms with Gasteiger partial charge in [-0.15, -0.1) is 0 Å². The molecule has 0 saturated carbocycles. The lowest BCUT2D eigenvalue weighted by atomic mass is 9.95. The van der Waals surface area contributed by atoms with Crippen molar-refractivity contribution in [3.05, 3.63) is 100 Å². The maximum Gasteiger partial charge on any atom is 0.338 e. The van der Waals surface area contributed by atoms with Crippen LogP contribution in [-0.4, -0.2) is 24.3 Å². The van der Waals surface area contributed by atoms with Gasteiger partial charge in [0.15, 0.2) is 5.78 Å². The van der Waals surface area contributed by atoms with E-state index in [2.05, 4.69) is 5.32 Å². The molecule has 0 heterocycles. The summed E-state index contributed by atoms with van der Waals surface area (Å²) in [6, 6.07) is 20.6. The highest BCUT2D eigenvalue weighted by atomic mass is 35.5. The van der Waals surface area contributed by atoms with Crippen molar-refractivity contribution in [2.45, 2.75) is 26.2 Å². The van der Waals surface area contributed by atoms with Gasteiger partial charge in [0.2, 0.25) is 5.91 Å². The summed E-state index contributed by atoms with van der Waals surface area (Å²) in [5.74, 6) is -1.44. The quantitative estimate of drug-likeness (QED) is 0.344. The molecule has 0 bridgehead atoms. The Morgan fingerprint density at radius 1 is 0.906 bits per heavy atom. The van der Waals surface area contributed by atoms with E-state index in [0.717, 1.165) is 0 Å². The third-order valence-corrected chi connectivity index (χ3v) is 5.30. The maximum absolute atomic E-state index is 12.9. The number of ketones is 1. The number of amides is 1. The van der Waals surface area contributed by atoms with Crippen molar-refractivity contribution < 1.29 is 19.1 Å². The second kappa shape index (κ2) is 10.7. The van der Waals surface area contributed by atoms with Gasteiger partial charge in [0.25, 0.3) is 0 Å². The molecule has 1 atom stereocenters. The normalized spacial score (nSPS) is 11.5. The van der Waals surface area contributed by atoms with Crippen LogP contribution >= 0.6 is 11.6 Å². The number of esters is 1. The summed E-state index contributed by atoms with van der Waals surface area (Å²) in [4.78, 5) is 37.8. The molecule has 1 amide bonds. The first-order valence-electron chi connectivity index (χ1n) is 10.4. The average molecular weight is 450 g/mol. The van der Waals surface area contributed by atoms with Gasteiger partial charge in [-0.1, -0.05) is 67.1 Å². The molecule has 3 aromatic rings. The Kier molecular flexibility index (Phi) is 7.79. The Labute approximate surface area is 192 Å². The van der Waals surface area contributed by atoms with Crippen LogP contribution in [-0.2, 0) is 9.53 Å². The molecule has 1 unspecified atom stereocenters. The summed E-state index contributed by atoms with van der Waals surface area (Å²) < 4.78 is 5.14. The van der Waals surface area contributed by atoms with Crippen molar-refractivity contribution in [3.63, 3.8) is 0 Å². The van der Waals surface area contributed by atoms with E-state index in [4.69, 9.17) is 16.3 Å². The van der Waals surface area contributed by atoms with Gasteiger partial charge in [0.05, 0.1) is 28.8 Å². The highest BCUT2D eigenvalue weighted by Crippen LogP contribution is 2.26. The maximum atomic E-state index is 12.9. The molecule has 0 aliphatic heterocycles. The lowest BCUT2D eigenvalue weighted by Crippen LogP contribution is -2.20. The minimum Gasteiger partial charge on any atom is -0.462 e. The Hall–Kier alpha value is -3.44. The van der Waals surface area contributed by atoms with Crippen LogP contribution in [0.5, 0.6) is 0 Å². The Morgan fingerprint density at radius 2 is 1.62 bits per heavy atom. The molecule has 5 nitrogen and oxygen atoms in total. The number of hydrogen-bond acceptors (Lipinski definition) is 4. The first-order chi connectivity index (χ1) is 15.4. The molecular weight excluding hydrogens is 426 g/mol. The average Bonchev–Trinajstić information content (AvgIpc) is 2.83. The fraction of sp³-hybridized carbons (Fsp3) is 0.192. The van der Waals surface area contributed by atoms with Crippen LogP contribution in [0, 0.1) is 0 Å². The third kappa shape index (κ3) is 5.62. The first-order valence-corrected chi connectivity index (χ1v) is 10.8. The van der Waals surface area contributed by atoms with E-state index in [0.29, 0.717) is 46.0 Å². The van der Waals surface area contributed by atoms with E-state index in [1.165, 1.54) is 6.07 Å². The molecule has 32 heavy (non-hydrogen) atoms. The number of ether oxygens (including phenoxy) is 1. The zero-order valence-corrected chi connectivity index (χ0v) is 18.7. The molecule has 0 aromatic heterocycles. The molecule has 6 heteroatoms. The van der Waals surface area contributed by atoms with Gasteiger partial charge in [-0.3, -0.25) is 9.59 Å². The molecule has 0 aliphatic carbocycles. The van der Waals surface area contributed by atoms with E-state index in [1.807, 2.05) is 25.1 Å². The zero-order chi connectivity index (χ0) is 23.1. The SMILES string of the molecule is CCCOC(=O)c1ccc(Cl)c(NC(=O)C(C)c2cccc(C(=O)c3ccccc3)c2)c1. The van der Waals surface area contributed by atoms with Gasteiger partial charge in [0.1, 0.15) is 0 Å². The van der Waals surface area contributed by atoms with Gasteiger partial charge in [-0.25, -0.2) is 4.79 Å². The number of carbonyl (C=O) groups excluding carboxylic acids is 3. The Morgan fingerprint density at radius 3 is 2.34 bits per heavy atom. The molecule has 0 spiro atoms. The number of hydrogen-bond donors (Lipinski definition) is 1. The monoisotopic (exact) mass is 449 g/mol. The lowest BCUT2D eigenvalue weighted by molar-refractivity contribution is -0.117. The second-order valence-electron chi connectivity index (χ2n) is 7.36. The number of benzene rings is 3. The highest BCUT2D eigenvalue weighted by molar-refractivity contribution is 6.34.